The molecule has 0 aliphatic rings. The van der Waals surface area contributed by atoms with Gasteiger partial charge in [-0.1, -0.05) is 13.8 Å². The van der Waals surface area contributed by atoms with E-state index in [-0.39, 0.29) is 5.91 Å². The van der Waals surface area contributed by atoms with Gasteiger partial charge in [-0.3, -0.25) is 4.79 Å². The van der Waals surface area contributed by atoms with E-state index in [0.29, 0.717) is 5.92 Å². The summed E-state index contributed by atoms with van der Waals surface area (Å²) >= 11 is 0. The van der Waals surface area contributed by atoms with Crippen LogP contribution in [-0.2, 0) is 4.79 Å². The van der Waals surface area contributed by atoms with E-state index < -0.39 is 0 Å². The van der Waals surface area contributed by atoms with E-state index >= 15 is 0 Å². The highest BCUT2D eigenvalue weighted by molar-refractivity contribution is 5.83. The van der Waals surface area contributed by atoms with Crippen LogP contribution in [-0.4, -0.2) is 11.6 Å². The third kappa shape index (κ3) is 7.03. The van der Waals surface area contributed by atoms with Crippen LogP contribution in [0.5, 0.6) is 0 Å². The van der Waals surface area contributed by atoms with Crippen molar-refractivity contribution in [1.82, 2.24) is 5.43 Å². The van der Waals surface area contributed by atoms with Crippen LogP contribution in [0.3, 0.4) is 0 Å². The molecule has 0 spiro atoms. The number of amides is 1. The molecule has 0 aliphatic carbocycles. The van der Waals surface area contributed by atoms with Gasteiger partial charge in [-0.2, -0.15) is 5.10 Å². The van der Waals surface area contributed by atoms with Gasteiger partial charge in [0.2, 0.25) is 5.91 Å². The van der Waals surface area contributed by atoms with Crippen LogP contribution in [0.25, 0.3) is 0 Å². The lowest BCUT2D eigenvalue weighted by Crippen LogP contribution is -2.15. The average molecular weight is 156 g/mol. The molecule has 3 nitrogen and oxygen atoms in total. The predicted octanol–water partition coefficient (Wildman–Crippen LogP) is 1.54. The summed E-state index contributed by atoms with van der Waals surface area (Å²) in [7, 11) is 0. The van der Waals surface area contributed by atoms with E-state index in [1.807, 2.05) is 6.92 Å². The van der Waals surface area contributed by atoms with Crippen molar-refractivity contribution in [2.45, 2.75) is 34.1 Å². The molecule has 0 heterocycles. The van der Waals surface area contributed by atoms with E-state index in [1.54, 1.807) is 0 Å². The highest BCUT2D eigenvalue weighted by Gasteiger charge is 1.96. The first-order chi connectivity index (χ1) is 5.02. The first-order valence-electron chi connectivity index (χ1n) is 3.82. The summed E-state index contributed by atoms with van der Waals surface area (Å²) in [5.41, 5.74) is 3.37. The molecule has 0 aromatic rings. The van der Waals surface area contributed by atoms with E-state index in [0.717, 1.165) is 12.1 Å². The van der Waals surface area contributed by atoms with E-state index in [9.17, 15) is 4.79 Å². The van der Waals surface area contributed by atoms with Crippen LogP contribution in [0.2, 0.25) is 0 Å². The van der Waals surface area contributed by atoms with Crippen molar-refractivity contribution < 1.29 is 4.79 Å². The first kappa shape index (κ1) is 10.1. The fourth-order valence-electron chi connectivity index (χ4n) is 0.811. The van der Waals surface area contributed by atoms with Gasteiger partial charge in [-0.15, -0.1) is 0 Å². The largest absolute Gasteiger partial charge is 0.274 e. The van der Waals surface area contributed by atoms with Crippen molar-refractivity contribution >= 4 is 11.6 Å². The molecule has 0 aliphatic heterocycles. The maximum Gasteiger partial charge on any atom is 0.236 e. The lowest BCUT2D eigenvalue weighted by molar-refractivity contribution is -0.118. The van der Waals surface area contributed by atoms with Crippen molar-refractivity contribution in [3.63, 3.8) is 0 Å². The second kappa shape index (κ2) is 4.88. The van der Waals surface area contributed by atoms with Crippen LogP contribution in [0.4, 0.5) is 0 Å². The number of nitrogens with zero attached hydrogens (tertiary/aromatic N) is 1. The number of nitrogens with one attached hydrogen (secondary N) is 1. The van der Waals surface area contributed by atoms with Gasteiger partial charge in [0.25, 0.3) is 0 Å². The Morgan fingerprint density at radius 1 is 1.45 bits per heavy atom. The highest BCUT2D eigenvalue weighted by Crippen LogP contribution is 1.99. The Balaban J connectivity index is 3.72. The summed E-state index contributed by atoms with van der Waals surface area (Å²) in [4.78, 5) is 10.4. The molecule has 0 atom stereocenters. The Labute approximate surface area is 67.9 Å². The summed E-state index contributed by atoms with van der Waals surface area (Å²) < 4.78 is 0. The monoisotopic (exact) mass is 156 g/mol. The Kier molecular flexibility index (Phi) is 4.50. The van der Waals surface area contributed by atoms with Crippen molar-refractivity contribution in [2.75, 3.05) is 0 Å². The number of hydrogen-bond acceptors (Lipinski definition) is 2. The van der Waals surface area contributed by atoms with E-state index in [2.05, 4.69) is 24.4 Å². The minimum atomic E-state index is -0.117. The molecule has 1 N–H and O–H groups in total. The summed E-state index contributed by atoms with van der Waals surface area (Å²) in [5, 5.41) is 3.88. The van der Waals surface area contributed by atoms with Crippen molar-refractivity contribution in [1.29, 1.82) is 0 Å². The Morgan fingerprint density at radius 2 is 2.00 bits per heavy atom. The van der Waals surface area contributed by atoms with E-state index in [4.69, 9.17) is 0 Å². The minimum absolute atomic E-state index is 0.117. The fourth-order valence-corrected chi connectivity index (χ4v) is 0.811. The molecule has 0 fully saturated rings. The number of hydrogen-bond donors (Lipinski definition) is 1. The summed E-state index contributed by atoms with van der Waals surface area (Å²) in [6, 6.07) is 0. The molecular formula is C8H16N2O. The SMILES string of the molecule is CC(=O)NN=C(C)CC(C)C. The normalized spacial score (nSPS) is 11.9. The third-order valence-corrected chi connectivity index (χ3v) is 1.11. The van der Waals surface area contributed by atoms with Crippen LogP contribution in [0.15, 0.2) is 5.10 Å². The number of carbonyl (C=O) groups is 1. The quantitative estimate of drug-likeness (QED) is 0.489. The van der Waals surface area contributed by atoms with Gasteiger partial charge < -0.3 is 0 Å². The predicted molar refractivity (Wildman–Crippen MR) is 46.4 cm³/mol. The van der Waals surface area contributed by atoms with Crippen LogP contribution in [0, 0.1) is 5.92 Å². The van der Waals surface area contributed by atoms with Gasteiger partial charge in [0.15, 0.2) is 0 Å². The smallest absolute Gasteiger partial charge is 0.236 e. The summed E-state index contributed by atoms with van der Waals surface area (Å²) in [5.74, 6) is 0.473. The maximum absolute atomic E-state index is 10.4. The second-order valence-corrected chi connectivity index (χ2v) is 3.11. The van der Waals surface area contributed by atoms with Gasteiger partial charge in [0.05, 0.1) is 0 Å². The van der Waals surface area contributed by atoms with Crippen molar-refractivity contribution in [2.24, 2.45) is 11.0 Å². The Hall–Kier alpha value is -0.860. The molecule has 0 aromatic heterocycles. The Bertz CT molecular complexity index is 161. The lowest BCUT2D eigenvalue weighted by atomic mass is 10.1. The molecule has 0 aromatic carbocycles. The number of carbonyl (C=O) groups excluding carboxylic acids is 1. The molecule has 0 rings (SSSR count). The fraction of sp³-hybridized carbons (Fsp3) is 0.750. The minimum Gasteiger partial charge on any atom is -0.274 e. The molecule has 1 amide bonds. The first-order valence-corrected chi connectivity index (χ1v) is 3.82. The van der Waals surface area contributed by atoms with Gasteiger partial charge in [-0.05, 0) is 19.3 Å². The number of rotatable bonds is 3. The zero-order chi connectivity index (χ0) is 8.85. The van der Waals surface area contributed by atoms with Gasteiger partial charge in [-0.25, -0.2) is 5.43 Å². The molecule has 0 unspecified atom stereocenters. The highest BCUT2D eigenvalue weighted by atomic mass is 16.2. The number of hydrazone groups is 1. The van der Waals surface area contributed by atoms with Gasteiger partial charge >= 0.3 is 0 Å². The maximum atomic E-state index is 10.4. The lowest BCUT2D eigenvalue weighted by Gasteiger charge is -2.02. The topological polar surface area (TPSA) is 41.5 Å². The standard InChI is InChI=1S/C8H16N2O/c1-6(2)5-7(3)9-10-8(4)11/h6H,5H2,1-4H3,(H,10,11). The van der Waals surface area contributed by atoms with Crippen LogP contribution < -0.4 is 5.43 Å². The van der Waals surface area contributed by atoms with E-state index in [1.165, 1.54) is 6.92 Å². The zero-order valence-electron chi connectivity index (χ0n) is 7.64. The average Bonchev–Trinajstić information content (AvgIpc) is 1.82. The molecular weight excluding hydrogens is 140 g/mol. The molecule has 3 heteroatoms. The summed E-state index contributed by atoms with van der Waals surface area (Å²) in [6.45, 7) is 7.60. The summed E-state index contributed by atoms with van der Waals surface area (Å²) in [6.07, 6.45) is 0.931. The second-order valence-electron chi connectivity index (χ2n) is 3.11. The molecule has 11 heavy (non-hydrogen) atoms. The van der Waals surface area contributed by atoms with Crippen molar-refractivity contribution in [3.8, 4) is 0 Å². The van der Waals surface area contributed by atoms with Crippen LogP contribution >= 0.6 is 0 Å². The van der Waals surface area contributed by atoms with Gasteiger partial charge in [0, 0.05) is 12.6 Å². The Morgan fingerprint density at radius 3 is 2.36 bits per heavy atom. The molecule has 0 bridgehead atoms. The molecule has 0 radical (unpaired) electrons. The van der Waals surface area contributed by atoms with Crippen molar-refractivity contribution in [3.05, 3.63) is 0 Å². The molecule has 64 valence electrons. The zero-order valence-corrected chi connectivity index (χ0v) is 7.64. The molecule has 0 saturated heterocycles. The third-order valence-electron chi connectivity index (χ3n) is 1.11. The van der Waals surface area contributed by atoms with Gasteiger partial charge in [0.1, 0.15) is 0 Å². The molecule has 0 saturated carbocycles. The van der Waals surface area contributed by atoms with Crippen LogP contribution in [0.1, 0.15) is 34.1 Å².